The molecule has 1 aromatic carbocycles. The summed E-state index contributed by atoms with van der Waals surface area (Å²) in [7, 11) is 0. The lowest BCUT2D eigenvalue weighted by molar-refractivity contribution is 0.0299. The topological polar surface area (TPSA) is 70.6 Å². The lowest BCUT2D eigenvalue weighted by Crippen LogP contribution is -2.41. The molecule has 3 rings (SSSR count). The number of morpholine rings is 1. The smallest absolute Gasteiger partial charge is 0.272 e. The number of anilines is 3. The fourth-order valence-electron chi connectivity index (χ4n) is 3.16. The zero-order valence-electron chi connectivity index (χ0n) is 16.2. The van der Waals surface area contributed by atoms with Crippen LogP contribution in [0.1, 0.15) is 30.2 Å². The summed E-state index contributed by atoms with van der Waals surface area (Å²) in [6.45, 7) is 10.4. The molecule has 0 saturated carbocycles. The van der Waals surface area contributed by atoms with Crippen LogP contribution < -0.4 is 10.2 Å². The number of hydrogen-bond donors (Lipinski definition) is 1. The van der Waals surface area contributed by atoms with Gasteiger partial charge in [-0.1, -0.05) is 0 Å². The van der Waals surface area contributed by atoms with E-state index in [1.807, 2.05) is 12.1 Å². The Morgan fingerprint density at radius 1 is 1.15 bits per heavy atom. The van der Waals surface area contributed by atoms with Gasteiger partial charge in [-0.05, 0) is 45.0 Å². The first-order valence-corrected chi connectivity index (χ1v) is 9.45. The standard InChI is InChI=1S/C20H27N5O2/c1-4-24(5-2)17-8-6-16(7-9-17)23-19-14-18(21-15(3)22-19)20(26)25-10-12-27-13-11-25/h6-9,14H,4-5,10-13H2,1-3H3,(H,21,22,23). The Labute approximate surface area is 160 Å². The van der Waals surface area contributed by atoms with Gasteiger partial charge in [-0.25, -0.2) is 9.97 Å². The molecule has 0 spiro atoms. The Balaban J connectivity index is 1.75. The number of rotatable bonds is 6. The van der Waals surface area contributed by atoms with Crippen LogP contribution >= 0.6 is 0 Å². The highest BCUT2D eigenvalue weighted by Gasteiger charge is 2.20. The number of carbonyl (C=O) groups excluding carboxylic acids is 1. The Bertz CT molecular complexity index is 768. The quantitative estimate of drug-likeness (QED) is 0.844. The molecule has 0 aliphatic carbocycles. The molecule has 1 amide bonds. The summed E-state index contributed by atoms with van der Waals surface area (Å²) in [5.74, 6) is 1.11. The molecule has 0 atom stereocenters. The molecule has 1 saturated heterocycles. The highest BCUT2D eigenvalue weighted by atomic mass is 16.5. The van der Waals surface area contributed by atoms with Gasteiger partial charge >= 0.3 is 0 Å². The predicted molar refractivity (Wildman–Crippen MR) is 107 cm³/mol. The summed E-state index contributed by atoms with van der Waals surface area (Å²) in [4.78, 5) is 25.5. The highest BCUT2D eigenvalue weighted by Crippen LogP contribution is 2.21. The second-order valence-corrected chi connectivity index (χ2v) is 6.43. The largest absolute Gasteiger partial charge is 0.378 e. The third-order valence-corrected chi connectivity index (χ3v) is 4.62. The van der Waals surface area contributed by atoms with Gasteiger partial charge < -0.3 is 19.9 Å². The third kappa shape index (κ3) is 4.74. The van der Waals surface area contributed by atoms with Gasteiger partial charge in [0.1, 0.15) is 17.3 Å². The molecule has 2 heterocycles. The summed E-state index contributed by atoms with van der Waals surface area (Å²) in [5, 5.41) is 3.28. The fourth-order valence-corrected chi connectivity index (χ4v) is 3.16. The van der Waals surface area contributed by atoms with Crippen molar-refractivity contribution < 1.29 is 9.53 Å². The van der Waals surface area contributed by atoms with E-state index in [2.05, 4.69) is 46.2 Å². The van der Waals surface area contributed by atoms with Crippen LogP contribution in [0.25, 0.3) is 0 Å². The molecule has 0 radical (unpaired) electrons. The molecular weight excluding hydrogens is 342 g/mol. The summed E-state index contributed by atoms with van der Waals surface area (Å²) in [5.41, 5.74) is 2.52. The monoisotopic (exact) mass is 369 g/mol. The van der Waals surface area contributed by atoms with E-state index in [0.717, 1.165) is 18.8 Å². The van der Waals surface area contributed by atoms with Gasteiger partial charge in [-0.3, -0.25) is 4.79 Å². The van der Waals surface area contributed by atoms with Gasteiger partial charge in [0, 0.05) is 43.6 Å². The van der Waals surface area contributed by atoms with Crippen LogP contribution in [0.15, 0.2) is 30.3 Å². The van der Waals surface area contributed by atoms with E-state index in [9.17, 15) is 4.79 Å². The van der Waals surface area contributed by atoms with E-state index in [1.165, 1.54) is 5.69 Å². The summed E-state index contributed by atoms with van der Waals surface area (Å²) >= 11 is 0. The minimum absolute atomic E-state index is 0.0799. The number of amides is 1. The zero-order valence-corrected chi connectivity index (χ0v) is 16.2. The molecule has 7 heteroatoms. The van der Waals surface area contributed by atoms with Crippen molar-refractivity contribution in [3.8, 4) is 0 Å². The van der Waals surface area contributed by atoms with E-state index in [4.69, 9.17) is 4.74 Å². The van der Waals surface area contributed by atoms with Crippen LogP contribution in [0.2, 0.25) is 0 Å². The molecule has 27 heavy (non-hydrogen) atoms. The Morgan fingerprint density at radius 2 is 1.81 bits per heavy atom. The van der Waals surface area contributed by atoms with Crippen molar-refractivity contribution >= 4 is 23.1 Å². The van der Waals surface area contributed by atoms with Crippen molar-refractivity contribution in [2.24, 2.45) is 0 Å². The fraction of sp³-hybridized carbons (Fsp3) is 0.450. The minimum Gasteiger partial charge on any atom is -0.378 e. The third-order valence-electron chi connectivity index (χ3n) is 4.62. The van der Waals surface area contributed by atoms with Gasteiger partial charge in [0.15, 0.2) is 0 Å². The number of ether oxygens (including phenoxy) is 1. The Hall–Kier alpha value is -2.67. The maximum absolute atomic E-state index is 12.7. The maximum Gasteiger partial charge on any atom is 0.272 e. The SMILES string of the molecule is CCN(CC)c1ccc(Nc2cc(C(=O)N3CCOCC3)nc(C)n2)cc1. The number of aryl methyl sites for hydroxylation is 1. The molecule has 0 bridgehead atoms. The van der Waals surface area contributed by atoms with E-state index < -0.39 is 0 Å². The molecule has 1 fully saturated rings. The van der Waals surface area contributed by atoms with E-state index in [0.29, 0.717) is 43.6 Å². The average molecular weight is 369 g/mol. The summed E-state index contributed by atoms with van der Waals surface area (Å²) in [6.07, 6.45) is 0. The van der Waals surface area contributed by atoms with Crippen molar-refractivity contribution in [1.82, 2.24) is 14.9 Å². The van der Waals surface area contributed by atoms with Crippen LogP contribution in [0.4, 0.5) is 17.2 Å². The summed E-state index contributed by atoms with van der Waals surface area (Å²) in [6, 6.07) is 9.93. The number of aromatic nitrogens is 2. The second kappa shape index (κ2) is 8.81. The molecule has 0 unspecified atom stereocenters. The average Bonchev–Trinajstić information content (AvgIpc) is 2.70. The Kier molecular flexibility index (Phi) is 6.24. The minimum atomic E-state index is -0.0799. The predicted octanol–water partition coefficient (Wildman–Crippen LogP) is 2.85. The van der Waals surface area contributed by atoms with Crippen LogP contribution in [-0.4, -0.2) is 60.2 Å². The lowest BCUT2D eigenvalue weighted by Gasteiger charge is -2.26. The first-order valence-electron chi connectivity index (χ1n) is 9.45. The van der Waals surface area contributed by atoms with Gasteiger partial charge in [0.05, 0.1) is 13.2 Å². The van der Waals surface area contributed by atoms with E-state index >= 15 is 0 Å². The number of nitrogens with zero attached hydrogens (tertiary/aromatic N) is 4. The van der Waals surface area contributed by atoms with Crippen molar-refractivity contribution in [3.05, 3.63) is 41.9 Å². The maximum atomic E-state index is 12.7. The molecule has 144 valence electrons. The normalized spacial score (nSPS) is 14.1. The van der Waals surface area contributed by atoms with Crippen LogP contribution in [-0.2, 0) is 4.74 Å². The highest BCUT2D eigenvalue weighted by molar-refractivity contribution is 5.93. The van der Waals surface area contributed by atoms with Gasteiger partial charge in [0.25, 0.3) is 5.91 Å². The number of hydrogen-bond acceptors (Lipinski definition) is 6. The number of nitrogens with one attached hydrogen (secondary N) is 1. The van der Waals surface area contributed by atoms with Crippen LogP contribution in [0, 0.1) is 6.92 Å². The molecular formula is C20H27N5O2. The van der Waals surface area contributed by atoms with E-state index in [1.54, 1.807) is 17.9 Å². The van der Waals surface area contributed by atoms with Crippen molar-refractivity contribution in [3.63, 3.8) is 0 Å². The summed E-state index contributed by atoms with van der Waals surface area (Å²) < 4.78 is 5.31. The van der Waals surface area contributed by atoms with Crippen LogP contribution in [0.5, 0.6) is 0 Å². The second-order valence-electron chi connectivity index (χ2n) is 6.43. The number of benzene rings is 1. The van der Waals surface area contributed by atoms with Crippen LogP contribution in [0.3, 0.4) is 0 Å². The van der Waals surface area contributed by atoms with Crippen molar-refractivity contribution in [1.29, 1.82) is 0 Å². The molecule has 2 aromatic rings. The van der Waals surface area contributed by atoms with Crippen molar-refractivity contribution in [2.75, 3.05) is 49.6 Å². The zero-order chi connectivity index (χ0) is 19.2. The van der Waals surface area contributed by atoms with Gasteiger partial charge in [-0.2, -0.15) is 0 Å². The Morgan fingerprint density at radius 3 is 2.44 bits per heavy atom. The van der Waals surface area contributed by atoms with Crippen molar-refractivity contribution in [2.45, 2.75) is 20.8 Å². The molecule has 1 aromatic heterocycles. The lowest BCUT2D eigenvalue weighted by atomic mass is 10.2. The number of carbonyl (C=O) groups is 1. The van der Waals surface area contributed by atoms with Gasteiger partial charge in [0.2, 0.25) is 0 Å². The molecule has 1 aliphatic heterocycles. The molecule has 1 aliphatic rings. The first kappa shape index (κ1) is 19.1. The van der Waals surface area contributed by atoms with E-state index in [-0.39, 0.29) is 5.91 Å². The van der Waals surface area contributed by atoms with Gasteiger partial charge in [-0.15, -0.1) is 0 Å². The molecule has 1 N–H and O–H groups in total. The molecule has 7 nitrogen and oxygen atoms in total. The first-order chi connectivity index (χ1) is 13.1.